The normalized spacial score (nSPS) is 21.6. The van der Waals surface area contributed by atoms with Crippen LogP contribution in [0, 0.1) is 5.41 Å². The largest absolute Gasteiger partial charge is 0.390 e. The van der Waals surface area contributed by atoms with Crippen molar-refractivity contribution in [3.63, 3.8) is 0 Å². The summed E-state index contributed by atoms with van der Waals surface area (Å²) >= 11 is 0. The van der Waals surface area contributed by atoms with Crippen LogP contribution in [-0.4, -0.2) is 10.7 Å². The lowest BCUT2D eigenvalue weighted by atomic mass is 9.69. The molecule has 0 bridgehead atoms. The summed E-state index contributed by atoms with van der Waals surface area (Å²) in [5.41, 5.74) is 2.58. The Morgan fingerprint density at radius 3 is 2.00 bits per heavy atom. The molecule has 1 aromatic carbocycles. The average molecular weight is 260 g/mol. The lowest BCUT2D eigenvalue weighted by Crippen LogP contribution is -2.38. The molecule has 0 radical (unpaired) electrons. The first-order valence-electron chi connectivity index (χ1n) is 7.61. The van der Waals surface area contributed by atoms with Crippen molar-refractivity contribution in [2.75, 3.05) is 0 Å². The molecule has 1 aliphatic carbocycles. The fraction of sp³-hybridized carbons (Fsp3) is 0.667. The van der Waals surface area contributed by atoms with E-state index < -0.39 is 5.60 Å². The van der Waals surface area contributed by atoms with Crippen molar-refractivity contribution in [3.05, 3.63) is 35.4 Å². The Bertz CT molecular complexity index is 404. The summed E-state index contributed by atoms with van der Waals surface area (Å²) in [6.07, 6.45) is 4.94. The topological polar surface area (TPSA) is 20.2 Å². The molecule has 1 N–H and O–H groups in total. The minimum atomic E-state index is -0.477. The highest BCUT2D eigenvalue weighted by molar-refractivity contribution is 5.26. The molecule has 0 spiro atoms. The zero-order valence-electron chi connectivity index (χ0n) is 12.9. The van der Waals surface area contributed by atoms with E-state index in [4.69, 9.17) is 0 Å². The zero-order chi connectivity index (χ0) is 14.1. The molecule has 1 fully saturated rings. The van der Waals surface area contributed by atoms with E-state index in [-0.39, 0.29) is 0 Å². The van der Waals surface area contributed by atoms with Gasteiger partial charge < -0.3 is 5.11 Å². The van der Waals surface area contributed by atoms with Gasteiger partial charge in [0, 0.05) is 6.42 Å². The van der Waals surface area contributed by atoms with Gasteiger partial charge in [0.25, 0.3) is 0 Å². The second kappa shape index (κ2) is 5.28. The predicted octanol–water partition coefficient (Wildman–Crippen LogP) is 4.68. The first-order chi connectivity index (χ1) is 8.80. The first kappa shape index (κ1) is 14.6. The van der Waals surface area contributed by atoms with E-state index in [0.717, 1.165) is 32.1 Å². The summed E-state index contributed by atoms with van der Waals surface area (Å²) in [4.78, 5) is 0. The molecule has 0 aliphatic heterocycles. The Kier molecular flexibility index (Phi) is 4.06. The van der Waals surface area contributed by atoms with Crippen molar-refractivity contribution in [3.8, 4) is 0 Å². The molecular formula is C18H28O. The van der Waals surface area contributed by atoms with Crippen LogP contribution in [0.1, 0.15) is 70.4 Å². The van der Waals surface area contributed by atoms with Gasteiger partial charge in [0.05, 0.1) is 5.60 Å². The molecule has 0 saturated heterocycles. The first-order valence-corrected chi connectivity index (χ1v) is 7.61. The maximum atomic E-state index is 10.7. The molecule has 0 aromatic heterocycles. The van der Waals surface area contributed by atoms with Crippen LogP contribution >= 0.6 is 0 Å². The SMILES string of the molecule is CC(C)c1ccc(CC2(O)CCC(C)(C)CC2)cc1. The summed E-state index contributed by atoms with van der Waals surface area (Å²) in [7, 11) is 0. The third-order valence-corrected chi connectivity index (χ3v) is 4.71. The molecule has 19 heavy (non-hydrogen) atoms. The number of hydrogen-bond acceptors (Lipinski definition) is 1. The third kappa shape index (κ3) is 3.82. The molecule has 1 saturated carbocycles. The monoisotopic (exact) mass is 260 g/mol. The Morgan fingerprint density at radius 2 is 1.53 bits per heavy atom. The number of benzene rings is 1. The lowest BCUT2D eigenvalue weighted by molar-refractivity contribution is -0.0251. The van der Waals surface area contributed by atoms with Gasteiger partial charge in [-0.25, -0.2) is 0 Å². The molecular weight excluding hydrogens is 232 g/mol. The van der Waals surface area contributed by atoms with Crippen molar-refractivity contribution in [2.45, 2.75) is 71.3 Å². The maximum Gasteiger partial charge on any atom is 0.0688 e. The van der Waals surface area contributed by atoms with Gasteiger partial charge >= 0.3 is 0 Å². The van der Waals surface area contributed by atoms with Crippen molar-refractivity contribution in [2.24, 2.45) is 5.41 Å². The van der Waals surface area contributed by atoms with Crippen molar-refractivity contribution in [1.82, 2.24) is 0 Å². The summed E-state index contributed by atoms with van der Waals surface area (Å²) in [5.74, 6) is 0.576. The lowest BCUT2D eigenvalue weighted by Gasteiger charge is -2.40. The molecule has 1 nitrogen and oxygen atoms in total. The van der Waals surface area contributed by atoms with Crippen LogP contribution in [-0.2, 0) is 6.42 Å². The van der Waals surface area contributed by atoms with E-state index in [2.05, 4.69) is 52.0 Å². The Morgan fingerprint density at radius 1 is 1.00 bits per heavy atom. The van der Waals surface area contributed by atoms with Crippen molar-refractivity contribution >= 4 is 0 Å². The van der Waals surface area contributed by atoms with Gasteiger partial charge in [0.1, 0.15) is 0 Å². The number of aliphatic hydroxyl groups is 1. The molecule has 0 heterocycles. The van der Waals surface area contributed by atoms with E-state index in [1.54, 1.807) is 0 Å². The molecule has 0 atom stereocenters. The fourth-order valence-electron chi connectivity index (χ4n) is 2.97. The van der Waals surface area contributed by atoms with Gasteiger partial charge in [-0.3, -0.25) is 0 Å². The molecule has 0 unspecified atom stereocenters. The second-order valence-corrected chi connectivity index (χ2v) is 7.46. The summed E-state index contributed by atoms with van der Waals surface area (Å²) in [6.45, 7) is 9.05. The molecule has 2 rings (SSSR count). The average Bonchev–Trinajstić information content (AvgIpc) is 2.34. The van der Waals surface area contributed by atoms with Gasteiger partial charge in [0.2, 0.25) is 0 Å². The van der Waals surface area contributed by atoms with E-state index in [0.29, 0.717) is 11.3 Å². The van der Waals surface area contributed by atoms with Crippen LogP contribution in [0.15, 0.2) is 24.3 Å². The number of rotatable bonds is 3. The molecule has 106 valence electrons. The fourth-order valence-corrected chi connectivity index (χ4v) is 2.97. The molecule has 1 heteroatoms. The van der Waals surface area contributed by atoms with Crippen molar-refractivity contribution in [1.29, 1.82) is 0 Å². The van der Waals surface area contributed by atoms with Gasteiger partial charge in [0.15, 0.2) is 0 Å². The van der Waals surface area contributed by atoms with E-state index in [1.165, 1.54) is 11.1 Å². The molecule has 1 aromatic rings. The zero-order valence-corrected chi connectivity index (χ0v) is 12.9. The highest BCUT2D eigenvalue weighted by Crippen LogP contribution is 2.41. The highest BCUT2D eigenvalue weighted by atomic mass is 16.3. The maximum absolute atomic E-state index is 10.7. The number of hydrogen-bond donors (Lipinski definition) is 1. The van der Waals surface area contributed by atoms with Crippen LogP contribution in [0.3, 0.4) is 0 Å². The Hall–Kier alpha value is -0.820. The minimum absolute atomic E-state index is 0.410. The van der Waals surface area contributed by atoms with Crippen LogP contribution in [0.5, 0.6) is 0 Å². The Labute approximate surface area is 118 Å². The summed E-state index contributed by atoms with van der Waals surface area (Å²) in [6, 6.07) is 8.78. The Balaban J connectivity index is 2.01. The van der Waals surface area contributed by atoms with Crippen LogP contribution in [0.4, 0.5) is 0 Å². The smallest absolute Gasteiger partial charge is 0.0688 e. The molecule has 1 aliphatic rings. The van der Waals surface area contributed by atoms with E-state index >= 15 is 0 Å². The van der Waals surface area contributed by atoms with Crippen LogP contribution in [0.2, 0.25) is 0 Å². The van der Waals surface area contributed by atoms with Crippen LogP contribution in [0.25, 0.3) is 0 Å². The van der Waals surface area contributed by atoms with Gasteiger partial charge in [-0.2, -0.15) is 0 Å². The van der Waals surface area contributed by atoms with E-state index in [9.17, 15) is 5.11 Å². The minimum Gasteiger partial charge on any atom is -0.390 e. The van der Waals surface area contributed by atoms with Crippen molar-refractivity contribution < 1.29 is 5.11 Å². The third-order valence-electron chi connectivity index (χ3n) is 4.71. The summed E-state index contributed by atoms with van der Waals surface area (Å²) < 4.78 is 0. The molecule has 0 amide bonds. The van der Waals surface area contributed by atoms with Gasteiger partial charge in [-0.1, -0.05) is 52.0 Å². The standard InChI is InChI=1S/C18H28O/c1-14(2)16-7-5-15(6-8-16)13-18(19)11-9-17(3,4)10-12-18/h5-8,14,19H,9-13H2,1-4H3. The summed E-state index contributed by atoms with van der Waals surface area (Å²) in [5, 5.41) is 10.7. The second-order valence-electron chi connectivity index (χ2n) is 7.46. The van der Waals surface area contributed by atoms with Gasteiger partial charge in [-0.05, 0) is 48.1 Å². The quantitative estimate of drug-likeness (QED) is 0.836. The van der Waals surface area contributed by atoms with E-state index in [1.807, 2.05) is 0 Å². The van der Waals surface area contributed by atoms with Crippen LogP contribution < -0.4 is 0 Å². The predicted molar refractivity (Wildman–Crippen MR) is 81.4 cm³/mol. The highest BCUT2D eigenvalue weighted by Gasteiger charge is 2.36. The van der Waals surface area contributed by atoms with Gasteiger partial charge in [-0.15, -0.1) is 0 Å².